The third kappa shape index (κ3) is 4.67. The van der Waals surface area contributed by atoms with Crippen molar-refractivity contribution in [3.63, 3.8) is 0 Å². The molecular weight excluding hydrogens is 240 g/mol. The van der Waals surface area contributed by atoms with E-state index in [2.05, 4.69) is 0 Å². The van der Waals surface area contributed by atoms with E-state index in [9.17, 15) is 4.79 Å². The minimum Gasteiger partial charge on any atom is -0.469 e. The lowest BCUT2D eigenvalue weighted by Crippen LogP contribution is -2.15. The van der Waals surface area contributed by atoms with E-state index < -0.39 is 0 Å². The van der Waals surface area contributed by atoms with E-state index in [0.29, 0.717) is 6.42 Å². The molecule has 1 aromatic carbocycles. The Labute approximate surface area is 115 Å². The van der Waals surface area contributed by atoms with Crippen molar-refractivity contribution in [3.05, 3.63) is 35.4 Å². The Kier molecular flexibility index (Phi) is 7.19. The Hall–Kier alpha value is -1.35. The summed E-state index contributed by atoms with van der Waals surface area (Å²) in [6, 6.07) is 7.97. The quantitative estimate of drug-likeness (QED) is 0.781. The van der Waals surface area contributed by atoms with E-state index in [-0.39, 0.29) is 12.1 Å². The Morgan fingerprint density at radius 3 is 2.68 bits per heavy atom. The molecule has 1 fully saturated rings. The molecule has 1 aliphatic heterocycles. The molecule has 3 heteroatoms. The molecule has 1 saturated heterocycles. The molecule has 0 radical (unpaired) electrons. The molecule has 0 aromatic heterocycles. The van der Waals surface area contributed by atoms with Gasteiger partial charge in [-0.3, -0.25) is 4.79 Å². The third-order valence-electron chi connectivity index (χ3n) is 3.14. The molecule has 0 saturated carbocycles. The van der Waals surface area contributed by atoms with Crippen LogP contribution in [0.25, 0.3) is 0 Å². The van der Waals surface area contributed by atoms with Crippen LogP contribution in [0.1, 0.15) is 50.3 Å². The minimum atomic E-state index is -0.201. The fraction of sp³-hybridized carbons (Fsp3) is 0.562. The van der Waals surface area contributed by atoms with Crippen LogP contribution >= 0.6 is 0 Å². The van der Waals surface area contributed by atoms with Crippen LogP contribution in [-0.2, 0) is 20.7 Å². The highest BCUT2D eigenvalue weighted by atomic mass is 16.5. The average molecular weight is 264 g/mol. The van der Waals surface area contributed by atoms with Crippen LogP contribution in [-0.4, -0.2) is 19.7 Å². The number of ether oxygens (including phenoxy) is 2. The first kappa shape index (κ1) is 15.7. The molecule has 1 heterocycles. The Morgan fingerprint density at radius 2 is 2.05 bits per heavy atom. The fourth-order valence-corrected chi connectivity index (χ4v) is 2.22. The summed E-state index contributed by atoms with van der Waals surface area (Å²) in [5, 5.41) is 0. The predicted molar refractivity (Wildman–Crippen MR) is 76.1 cm³/mol. The molecule has 19 heavy (non-hydrogen) atoms. The van der Waals surface area contributed by atoms with Crippen LogP contribution < -0.4 is 0 Å². The molecule has 0 N–H and O–H groups in total. The van der Waals surface area contributed by atoms with Gasteiger partial charge in [0.1, 0.15) is 0 Å². The van der Waals surface area contributed by atoms with E-state index in [1.807, 2.05) is 38.1 Å². The molecule has 0 amide bonds. The van der Waals surface area contributed by atoms with Crippen molar-refractivity contribution in [1.29, 1.82) is 0 Å². The van der Waals surface area contributed by atoms with Gasteiger partial charge >= 0.3 is 5.97 Å². The van der Waals surface area contributed by atoms with E-state index in [0.717, 1.165) is 30.6 Å². The minimum absolute atomic E-state index is 0.143. The van der Waals surface area contributed by atoms with Crippen LogP contribution in [0, 0.1) is 0 Å². The van der Waals surface area contributed by atoms with Gasteiger partial charge in [0.05, 0.1) is 19.6 Å². The largest absolute Gasteiger partial charge is 0.469 e. The summed E-state index contributed by atoms with van der Waals surface area (Å²) >= 11 is 0. The Morgan fingerprint density at radius 1 is 1.32 bits per heavy atom. The first-order chi connectivity index (χ1) is 9.31. The molecule has 0 spiro atoms. The van der Waals surface area contributed by atoms with Crippen LogP contribution in [0.3, 0.4) is 0 Å². The topological polar surface area (TPSA) is 35.5 Å². The molecular formula is C16H24O3. The lowest BCUT2D eigenvalue weighted by atomic mass is 9.95. The number of carbonyl (C=O) groups excluding carboxylic acids is 1. The van der Waals surface area contributed by atoms with E-state index in [1.165, 1.54) is 13.5 Å². The SMILES string of the molecule is CC.COC(=O)Cc1ccccc1C1CCCCO1. The van der Waals surface area contributed by atoms with Gasteiger partial charge in [0.25, 0.3) is 0 Å². The summed E-state index contributed by atoms with van der Waals surface area (Å²) in [4.78, 5) is 11.4. The number of esters is 1. The van der Waals surface area contributed by atoms with Crippen molar-refractivity contribution in [2.75, 3.05) is 13.7 Å². The van der Waals surface area contributed by atoms with Gasteiger partial charge in [-0.15, -0.1) is 0 Å². The van der Waals surface area contributed by atoms with Crippen molar-refractivity contribution in [3.8, 4) is 0 Å². The maximum Gasteiger partial charge on any atom is 0.309 e. The zero-order valence-electron chi connectivity index (χ0n) is 12.1. The summed E-state index contributed by atoms with van der Waals surface area (Å²) in [6.45, 7) is 4.82. The van der Waals surface area contributed by atoms with Crippen molar-refractivity contribution in [2.24, 2.45) is 0 Å². The maximum absolute atomic E-state index is 11.4. The molecule has 2 rings (SSSR count). The highest BCUT2D eigenvalue weighted by molar-refractivity contribution is 5.72. The van der Waals surface area contributed by atoms with Crippen LogP contribution in [0.2, 0.25) is 0 Å². The standard InChI is InChI=1S/C14H18O3.C2H6/c1-16-14(15)10-11-6-2-3-7-12(11)13-8-4-5-9-17-13;1-2/h2-3,6-7,13H,4-5,8-10H2,1H3;1-2H3. The maximum atomic E-state index is 11.4. The molecule has 106 valence electrons. The molecule has 1 aromatic rings. The highest BCUT2D eigenvalue weighted by Crippen LogP contribution is 2.30. The lowest BCUT2D eigenvalue weighted by molar-refractivity contribution is -0.139. The number of carbonyl (C=O) groups is 1. The van der Waals surface area contributed by atoms with Gasteiger partial charge in [-0.1, -0.05) is 38.1 Å². The molecule has 1 unspecified atom stereocenters. The summed E-state index contributed by atoms with van der Waals surface area (Å²) in [7, 11) is 1.42. The summed E-state index contributed by atoms with van der Waals surface area (Å²) in [6.07, 6.45) is 3.84. The molecule has 3 nitrogen and oxygen atoms in total. The molecule has 0 aliphatic carbocycles. The zero-order valence-corrected chi connectivity index (χ0v) is 12.1. The molecule has 1 aliphatic rings. The second-order valence-electron chi connectivity index (χ2n) is 4.31. The van der Waals surface area contributed by atoms with Crippen molar-refractivity contribution < 1.29 is 14.3 Å². The van der Waals surface area contributed by atoms with Crippen molar-refractivity contribution in [1.82, 2.24) is 0 Å². The predicted octanol–water partition coefficient (Wildman–Crippen LogP) is 3.67. The average Bonchev–Trinajstić information content (AvgIpc) is 2.50. The molecule has 0 bridgehead atoms. The van der Waals surface area contributed by atoms with Crippen LogP contribution in [0.15, 0.2) is 24.3 Å². The highest BCUT2D eigenvalue weighted by Gasteiger charge is 2.19. The monoisotopic (exact) mass is 264 g/mol. The Bertz CT molecular complexity index is 381. The zero-order chi connectivity index (χ0) is 14.1. The summed E-state index contributed by atoms with van der Waals surface area (Å²) < 4.78 is 10.5. The number of hydrogen-bond acceptors (Lipinski definition) is 3. The van der Waals surface area contributed by atoms with Gasteiger partial charge in [0, 0.05) is 6.61 Å². The van der Waals surface area contributed by atoms with Crippen molar-refractivity contribution >= 4 is 5.97 Å². The number of benzene rings is 1. The van der Waals surface area contributed by atoms with Crippen LogP contribution in [0.4, 0.5) is 0 Å². The summed E-state index contributed by atoms with van der Waals surface area (Å²) in [5.41, 5.74) is 2.16. The smallest absolute Gasteiger partial charge is 0.309 e. The second kappa shape index (κ2) is 8.70. The van der Waals surface area contributed by atoms with Crippen molar-refractivity contribution in [2.45, 2.75) is 45.6 Å². The van der Waals surface area contributed by atoms with Gasteiger partial charge in [-0.25, -0.2) is 0 Å². The van der Waals surface area contributed by atoms with Gasteiger partial charge in [0.2, 0.25) is 0 Å². The molecule has 1 atom stereocenters. The second-order valence-corrected chi connectivity index (χ2v) is 4.31. The number of methoxy groups -OCH3 is 1. The third-order valence-corrected chi connectivity index (χ3v) is 3.14. The van der Waals surface area contributed by atoms with Gasteiger partial charge < -0.3 is 9.47 Å². The van der Waals surface area contributed by atoms with E-state index in [1.54, 1.807) is 0 Å². The first-order valence-electron chi connectivity index (χ1n) is 7.07. The first-order valence-corrected chi connectivity index (χ1v) is 7.07. The van der Waals surface area contributed by atoms with E-state index >= 15 is 0 Å². The Balaban J connectivity index is 0.000000861. The van der Waals surface area contributed by atoms with Crippen LogP contribution in [0.5, 0.6) is 0 Å². The fourth-order valence-electron chi connectivity index (χ4n) is 2.22. The summed E-state index contributed by atoms with van der Waals surface area (Å²) in [5.74, 6) is -0.201. The van der Waals surface area contributed by atoms with Gasteiger partial charge in [-0.2, -0.15) is 0 Å². The van der Waals surface area contributed by atoms with E-state index in [4.69, 9.17) is 9.47 Å². The normalized spacial score (nSPS) is 18.2. The van der Waals surface area contributed by atoms with Gasteiger partial charge in [0.15, 0.2) is 0 Å². The number of hydrogen-bond donors (Lipinski definition) is 0. The number of rotatable bonds is 3. The lowest BCUT2D eigenvalue weighted by Gasteiger charge is -2.24. The van der Waals surface area contributed by atoms with Gasteiger partial charge in [-0.05, 0) is 30.4 Å².